The maximum Gasteiger partial charge on any atom is 0.191 e. The van der Waals surface area contributed by atoms with Gasteiger partial charge >= 0.3 is 0 Å². The highest BCUT2D eigenvalue weighted by Gasteiger charge is 2.03. The number of benzene rings is 1. The van der Waals surface area contributed by atoms with Gasteiger partial charge in [0.05, 0.1) is 19.8 Å². The lowest BCUT2D eigenvalue weighted by Gasteiger charge is -2.12. The number of ether oxygens (including phenoxy) is 2. The van der Waals surface area contributed by atoms with Crippen LogP contribution in [0.25, 0.3) is 10.9 Å². The largest absolute Gasteiger partial charge is 0.379 e. The SMILES string of the molecule is CCCCOCCOCCNC(=NC)NCCc1c[nH]c2ccccc12.I. The van der Waals surface area contributed by atoms with Crippen LogP contribution in [0.2, 0.25) is 0 Å². The van der Waals surface area contributed by atoms with E-state index in [0.29, 0.717) is 19.8 Å². The van der Waals surface area contributed by atoms with Crippen LogP contribution >= 0.6 is 24.0 Å². The van der Waals surface area contributed by atoms with Gasteiger partial charge < -0.3 is 25.1 Å². The van der Waals surface area contributed by atoms with Gasteiger partial charge in [-0.3, -0.25) is 4.99 Å². The number of guanidine groups is 1. The first-order valence-corrected chi connectivity index (χ1v) is 9.50. The summed E-state index contributed by atoms with van der Waals surface area (Å²) < 4.78 is 11.0. The number of aromatic nitrogens is 1. The zero-order valence-corrected chi connectivity index (χ0v) is 18.8. The lowest BCUT2D eigenvalue weighted by molar-refractivity contribution is 0.0487. The van der Waals surface area contributed by atoms with E-state index in [-0.39, 0.29) is 24.0 Å². The molecule has 0 aliphatic rings. The Hall–Kier alpha value is -1.32. The number of aromatic amines is 1. The minimum absolute atomic E-state index is 0. The molecule has 0 aliphatic heterocycles. The minimum Gasteiger partial charge on any atom is -0.379 e. The Morgan fingerprint density at radius 2 is 1.78 bits per heavy atom. The summed E-state index contributed by atoms with van der Waals surface area (Å²) in [7, 11) is 1.78. The molecule has 152 valence electrons. The summed E-state index contributed by atoms with van der Waals surface area (Å²) in [5.74, 6) is 0.799. The molecular weight excluding hydrogens is 455 g/mol. The molecule has 2 aromatic rings. The second kappa shape index (κ2) is 14.7. The summed E-state index contributed by atoms with van der Waals surface area (Å²) in [6.45, 7) is 6.48. The van der Waals surface area contributed by atoms with Gasteiger partial charge in [0.2, 0.25) is 0 Å². The van der Waals surface area contributed by atoms with Crippen LogP contribution in [-0.2, 0) is 15.9 Å². The highest BCUT2D eigenvalue weighted by molar-refractivity contribution is 14.0. The second-order valence-corrected chi connectivity index (χ2v) is 6.11. The highest BCUT2D eigenvalue weighted by atomic mass is 127. The zero-order valence-electron chi connectivity index (χ0n) is 16.4. The molecule has 0 bridgehead atoms. The average molecular weight is 488 g/mol. The van der Waals surface area contributed by atoms with Gasteiger partial charge in [0.1, 0.15) is 0 Å². The Bertz CT molecular complexity index is 660. The molecule has 0 saturated carbocycles. The predicted molar refractivity (Wildman–Crippen MR) is 123 cm³/mol. The molecule has 0 radical (unpaired) electrons. The van der Waals surface area contributed by atoms with Crippen LogP contribution in [0, 0.1) is 0 Å². The number of nitrogens with one attached hydrogen (secondary N) is 3. The lowest BCUT2D eigenvalue weighted by atomic mass is 10.1. The minimum atomic E-state index is 0. The smallest absolute Gasteiger partial charge is 0.191 e. The molecular formula is C20H33IN4O2. The van der Waals surface area contributed by atoms with E-state index in [2.05, 4.69) is 51.9 Å². The number of unbranched alkanes of at least 4 members (excludes halogenated alkanes) is 1. The number of nitrogens with zero attached hydrogens (tertiary/aromatic N) is 1. The van der Waals surface area contributed by atoms with Crippen molar-refractivity contribution in [2.24, 2.45) is 4.99 Å². The van der Waals surface area contributed by atoms with Crippen molar-refractivity contribution >= 4 is 40.8 Å². The molecule has 0 spiro atoms. The Balaban J connectivity index is 0.00000364. The van der Waals surface area contributed by atoms with Gasteiger partial charge in [-0.2, -0.15) is 0 Å². The summed E-state index contributed by atoms with van der Waals surface area (Å²) in [5, 5.41) is 7.89. The Morgan fingerprint density at radius 3 is 2.56 bits per heavy atom. The lowest BCUT2D eigenvalue weighted by Crippen LogP contribution is -2.39. The van der Waals surface area contributed by atoms with Gasteiger partial charge in [-0.15, -0.1) is 24.0 Å². The van der Waals surface area contributed by atoms with Gasteiger partial charge in [0.25, 0.3) is 0 Å². The van der Waals surface area contributed by atoms with E-state index < -0.39 is 0 Å². The molecule has 0 fully saturated rings. The van der Waals surface area contributed by atoms with E-state index in [4.69, 9.17) is 9.47 Å². The first-order chi connectivity index (χ1) is 12.8. The van der Waals surface area contributed by atoms with Crippen LogP contribution in [-0.4, -0.2) is 57.5 Å². The van der Waals surface area contributed by atoms with Gasteiger partial charge in [0.15, 0.2) is 5.96 Å². The Labute approximate surface area is 179 Å². The van der Waals surface area contributed by atoms with Crippen LogP contribution in [0.15, 0.2) is 35.5 Å². The van der Waals surface area contributed by atoms with E-state index in [1.54, 1.807) is 7.05 Å². The third-order valence-corrected chi connectivity index (χ3v) is 4.14. The maximum absolute atomic E-state index is 5.55. The van der Waals surface area contributed by atoms with Crippen LogP contribution in [0.3, 0.4) is 0 Å². The molecule has 2 rings (SSSR count). The van der Waals surface area contributed by atoms with E-state index in [1.165, 1.54) is 16.5 Å². The average Bonchev–Trinajstić information content (AvgIpc) is 3.08. The Morgan fingerprint density at radius 1 is 1.04 bits per heavy atom. The molecule has 1 aromatic carbocycles. The van der Waals surface area contributed by atoms with Crippen molar-refractivity contribution in [3.63, 3.8) is 0 Å². The number of fused-ring (bicyclic) bond motifs is 1. The van der Waals surface area contributed by atoms with Crippen molar-refractivity contribution in [3.8, 4) is 0 Å². The molecule has 1 heterocycles. The van der Waals surface area contributed by atoms with Crippen molar-refractivity contribution in [2.45, 2.75) is 26.2 Å². The number of rotatable bonds is 12. The van der Waals surface area contributed by atoms with Gasteiger partial charge in [-0.05, 0) is 24.5 Å². The quantitative estimate of drug-likeness (QED) is 0.186. The highest BCUT2D eigenvalue weighted by Crippen LogP contribution is 2.17. The second-order valence-electron chi connectivity index (χ2n) is 6.11. The molecule has 0 unspecified atom stereocenters. The van der Waals surface area contributed by atoms with Crippen LogP contribution < -0.4 is 10.6 Å². The number of para-hydroxylation sites is 1. The fourth-order valence-corrected chi connectivity index (χ4v) is 2.68. The fraction of sp³-hybridized carbons (Fsp3) is 0.550. The van der Waals surface area contributed by atoms with Gasteiger partial charge in [-0.25, -0.2) is 0 Å². The first kappa shape index (κ1) is 23.7. The van der Waals surface area contributed by atoms with Crippen LogP contribution in [0.1, 0.15) is 25.3 Å². The van der Waals surface area contributed by atoms with E-state index in [9.17, 15) is 0 Å². The maximum atomic E-state index is 5.55. The van der Waals surface area contributed by atoms with Crippen molar-refractivity contribution in [1.82, 2.24) is 15.6 Å². The summed E-state index contributed by atoms with van der Waals surface area (Å²) in [6, 6.07) is 8.37. The molecule has 6 nitrogen and oxygen atoms in total. The topological polar surface area (TPSA) is 70.7 Å². The monoisotopic (exact) mass is 488 g/mol. The van der Waals surface area contributed by atoms with E-state index >= 15 is 0 Å². The predicted octanol–water partition coefficient (Wildman–Crippen LogP) is 3.33. The number of hydrogen-bond acceptors (Lipinski definition) is 3. The van der Waals surface area contributed by atoms with Crippen LogP contribution in [0.5, 0.6) is 0 Å². The molecule has 0 aliphatic carbocycles. The van der Waals surface area contributed by atoms with Crippen LogP contribution in [0.4, 0.5) is 0 Å². The third-order valence-electron chi connectivity index (χ3n) is 4.14. The molecule has 3 N–H and O–H groups in total. The normalized spacial score (nSPS) is 11.4. The molecule has 27 heavy (non-hydrogen) atoms. The molecule has 7 heteroatoms. The molecule has 0 saturated heterocycles. The summed E-state index contributed by atoms with van der Waals surface area (Å²) in [6.07, 6.45) is 5.30. The number of halogens is 1. The third kappa shape index (κ3) is 8.94. The standard InChI is InChI=1S/C20H32N4O2.HI/c1-3-4-12-25-14-15-26-13-11-23-20(21-2)22-10-9-17-16-24-19-8-6-5-7-18(17)19;/h5-8,16,24H,3-4,9-15H2,1-2H3,(H2,21,22,23);1H. The summed E-state index contributed by atoms with van der Waals surface area (Å²) >= 11 is 0. The first-order valence-electron chi connectivity index (χ1n) is 9.50. The van der Waals surface area contributed by atoms with Crippen molar-refractivity contribution in [1.29, 1.82) is 0 Å². The van der Waals surface area contributed by atoms with Crippen molar-refractivity contribution in [2.75, 3.05) is 46.6 Å². The zero-order chi connectivity index (χ0) is 18.5. The van der Waals surface area contributed by atoms with E-state index in [0.717, 1.165) is 44.9 Å². The number of H-pyrrole nitrogens is 1. The van der Waals surface area contributed by atoms with Gasteiger partial charge in [0, 0.05) is 43.8 Å². The number of aliphatic imine (C=N–C) groups is 1. The molecule has 0 amide bonds. The van der Waals surface area contributed by atoms with Gasteiger partial charge in [-0.1, -0.05) is 31.5 Å². The summed E-state index contributed by atoms with van der Waals surface area (Å²) in [4.78, 5) is 7.55. The fourth-order valence-electron chi connectivity index (χ4n) is 2.68. The number of hydrogen-bond donors (Lipinski definition) is 3. The van der Waals surface area contributed by atoms with E-state index in [1.807, 2.05) is 6.07 Å². The van der Waals surface area contributed by atoms with Crippen molar-refractivity contribution in [3.05, 3.63) is 36.0 Å². The molecule has 0 atom stereocenters. The molecule has 1 aromatic heterocycles. The summed E-state index contributed by atoms with van der Waals surface area (Å²) in [5.41, 5.74) is 2.50. The Kier molecular flexibility index (Phi) is 12.9. The van der Waals surface area contributed by atoms with Crippen molar-refractivity contribution < 1.29 is 9.47 Å².